The van der Waals surface area contributed by atoms with E-state index in [9.17, 15) is 0 Å². The molecule has 0 saturated carbocycles. The molecule has 0 amide bonds. The van der Waals surface area contributed by atoms with Crippen LogP contribution in [0.5, 0.6) is 0 Å². The Hall–Kier alpha value is -1.65. The second-order valence-corrected chi connectivity index (χ2v) is 7.13. The zero-order chi connectivity index (χ0) is 17.7. The van der Waals surface area contributed by atoms with Crippen molar-refractivity contribution in [1.29, 1.82) is 0 Å². The zero-order valence-corrected chi connectivity index (χ0v) is 15.7. The first-order valence-corrected chi connectivity index (χ1v) is 8.83. The third-order valence-corrected chi connectivity index (χ3v) is 4.86. The van der Waals surface area contributed by atoms with E-state index in [0.717, 1.165) is 30.9 Å². The van der Waals surface area contributed by atoms with Crippen LogP contribution in [-0.4, -0.2) is 28.0 Å². The fourth-order valence-corrected chi connectivity index (χ4v) is 3.10. The number of aromatic nitrogens is 2. The lowest BCUT2D eigenvalue weighted by atomic mass is 9.84. The van der Waals surface area contributed by atoms with Crippen molar-refractivity contribution in [2.75, 3.05) is 13.2 Å². The zero-order valence-electron chi connectivity index (χ0n) is 15.7. The maximum absolute atomic E-state index is 9.11. The number of aliphatic hydroxyl groups is 1. The van der Waals surface area contributed by atoms with Gasteiger partial charge in [0.05, 0.1) is 18.8 Å². The molecule has 2 N–H and O–H groups in total. The average Bonchev–Trinajstić information content (AvgIpc) is 2.82. The molecule has 0 bridgehead atoms. The Bertz CT molecular complexity index is 656. The second kappa shape index (κ2) is 7.95. The minimum Gasteiger partial charge on any atom is -0.394 e. The van der Waals surface area contributed by atoms with Gasteiger partial charge in [-0.25, -0.2) is 0 Å². The molecular formula is C20H31N3O. The van der Waals surface area contributed by atoms with Crippen LogP contribution in [0.25, 0.3) is 0 Å². The maximum atomic E-state index is 9.11. The van der Waals surface area contributed by atoms with E-state index in [2.05, 4.69) is 62.4 Å². The first-order valence-electron chi connectivity index (χ1n) is 8.83. The van der Waals surface area contributed by atoms with Crippen LogP contribution in [0.15, 0.2) is 24.3 Å². The molecule has 2 rings (SSSR count). The van der Waals surface area contributed by atoms with Gasteiger partial charge in [-0.05, 0) is 31.4 Å². The summed E-state index contributed by atoms with van der Waals surface area (Å²) in [6, 6.07) is 8.95. The third kappa shape index (κ3) is 4.25. The molecule has 24 heavy (non-hydrogen) atoms. The molecule has 1 heterocycles. The van der Waals surface area contributed by atoms with Crippen molar-refractivity contribution in [3.05, 3.63) is 52.3 Å². The van der Waals surface area contributed by atoms with Crippen LogP contribution in [0, 0.1) is 13.8 Å². The number of nitrogens with zero attached hydrogens (tertiary/aromatic N) is 2. The fraction of sp³-hybridized carbons (Fsp3) is 0.550. The van der Waals surface area contributed by atoms with Gasteiger partial charge in [-0.1, -0.05) is 45.0 Å². The summed E-state index contributed by atoms with van der Waals surface area (Å²) in [5.41, 5.74) is 6.23. The summed E-state index contributed by atoms with van der Waals surface area (Å²) in [4.78, 5) is 0. The molecule has 4 heteroatoms. The average molecular weight is 329 g/mol. The van der Waals surface area contributed by atoms with Crippen LogP contribution in [0.3, 0.4) is 0 Å². The number of rotatable bonds is 8. The minimum atomic E-state index is 0.0785. The fourth-order valence-electron chi connectivity index (χ4n) is 3.10. The maximum Gasteiger partial charge on any atom is 0.0644 e. The van der Waals surface area contributed by atoms with Gasteiger partial charge in [0.1, 0.15) is 0 Å². The SMILES string of the molecule is CCc1ccc(C(C)(C)CNCc2c(C)nn(CCO)c2C)cc1. The molecule has 132 valence electrons. The second-order valence-electron chi connectivity index (χ2n) is 7.13. The number of benzene rings is 1. The van der Waals surface area contributed by atoms with Crippen LogP contribution in [-0.2, 0) is 24.9 Å². The number of hydrogen-bond donors (Lipinski definition) is 2. The smallest absolute Gasteiger partial charge is 0.0644 e. The van der Waals surface area contributed by atoms with Gasteiger partial charge in [0.15, 0.2) is 0 Å². The van der Waals surface area contributed by atoms with E-state index in [4.69, 9.17) is 5.11 Å². The highest BCUT2D eigenvalue weighted by molar-refractivity contribution is 5.29. The molecular weight excluding hydrogens is 298 g/mol. The predicted molar refractivity (Wildman–Crippen MR) is 99.3 cm³/mol. The quantitative estimate of drug-likeness (QED) is 0.782. The molecule has 1 aromatic carbocycles. The van der Waals surface area contributed by atoms with Gasteiger partial charge in [-0.15, -0.1) is 0 Å². The van der Waals surface area contributed by atoms with Gasteiger partial charge >= 0.3 is 0 Å². The summed E-state index contributed by atoms with van der Waals surface area (Å²) >= 11 is 0. The van der Waals surface area contributed by atoms with E-state index in [0.29, 0.717) is 6.54 Å². The summed E-state index contributed by atoms with van der Waals surface area (Å²) in [5.74, 6) is 0. The normalized spacial score (nSPS) is 11.9. The standard InChI is InChI=1S/C20H31N3O/c1-6-17-7-9-18(10-8-17)20(4,5)14-21-13-19-15(2)22-23(11-12-24)16(19)3/h7-10,21,24H,6,11-14H2,1-5H3. The van der Waals surface area contributed by atoms with E-state index in [1.807, 2.05) is 11.6 Å². The molecule has 0 unspecified atom stereocenters. The molecule has 0 aliphatic rings. The topological polar surface area (TPSA) is 50.1 Å². The van der Waals surface area contributed by atoms with Gasteiger partial charge in [0.25, 0.3) is 0 Å². The molecule has 0 atom stereocenters. The molecule has 0 fully saturated rings. The summed E-state index contributed by atoms with van der Waals surface area (Å²) in [7, 11) is 0. The molecule has 0 aliphatic heterocycles. The molecule has 0 saturated heterocycles. The van der Waals surface area contributed by atoms with Crippen molar-refractivity contribution in [2.45, 2.75) is 59.5 Å². The molecule has 1 aromatic heterocycles. The van der Waals surface area contributed by atoms with Crippen LogP contribution in [0.2, 0.25) is 0 Å². The Morgan fingerprint density at radius 3 is 2.42 bits per heavy atom. The van der Waals surface area contributed by atoms with E-state index in [-0.39, 0.29) is 12.0 Å². The number of hydrogen-bond acceptors (Lipinski definition) is 3. The van der Waals surface area contributed by atoms with Gasteiger partial charge < -0.3 is 10.4 Å². The van der Waals surface area contributed by atoms with Crippen molar-refractivity contribution < 1.29 is 5.11 Å². The summed E-state index contributed by atoms with van der Waals surface area (Å²) < 4.78 is 1.89. The van der Waals surface area contributed by atoms with Crippen LogP contribution >= 0.6 is 0 Å². The minimum absolute atomic E-state index is 0.0785. The molecule has 0 radical (unpaired) electrons. The Balaban J connectivity index is 1.99. The van der Waals surface area contributed by atoms with Crippen molar-refractivity contribution in [3.63, 3.8) is 0 Å². The largest absolute Gasteiger partial charge is 0.394 e. The van der Waals surface area contributed by atoms with Crippen molar-refractivity contribution in [3.8, 4) is 0 Å². The highest BCUT2D eigenvalue weighted by Crippen LogP contribution is 2.23. The number of aryl methyl sites for hydroxylation is 2. The lowest BCUT2D eigenvalue weighted by molar-refractivity contribution is 0.267. The van der Waals surface area contributed by atoms with Crippen molar-refractivity contribution in [1.82, 2.24) is 15.1 Å². The van der Waals surface area contributed by atoms with Crippen LogP contribution in [0.1, 0.15) is 48.8 Å². The van der Waals surface area contributed by atoms with Gasteiger partial charge in [0.2, 0.25) is 0 Å². The molecule has 4 nitrogen and oxygen atoms in total. The van der Waals surface area contributed by atoms with Crippen molar-refractivity contribution >= 4 is 0 Å². The first kappa shape index (κ1) is 18.7. The first-order chi connectivity index (χ1) is 11.4. The number of aliphatic hydroxyl groups excluding tert-OH is 1. The molecule has 2 aromatic rings. The Morgan fingerprint density at radius 2 is 1.83 bits per heavy atom. The van der Waals surface area contributed by atoms with Gasteiger partial charge in [0, 0.05) is 29.8 Å². The van der Waals surface area contributed by atoms with Crippen LogP contribution < -0.4 is 5.32 Å². The Labute approximate surface area is 145 Å². The number of nitrogens with one attached hydrogen (secondary N) is 1. The van der Waals surface area contributed by atoms with E-state index < -0.39 is 0 Å². The van der Waals surface area contributed by atoms with Gasteiger partial charge in [-0.2, -0.15) is 5.10 Å². The monoisotopic (exact) mass is 329 g/mol. The lowest BCUT2D eigenvalue weighted by Crippen LogP contribution is -2.32. The Kier molecular flexibility index (Phi) is 6.19. The summed E-state index contributed by atoms with van der Waals surface area (Å²) in [6.07, 6.45) is 1.08. The summed E-state index contributed by atoms with van der Waals surface area (Å²) in [6.45, 7) is 13.2. The van der Waals surface area contributed by atoms with Crippen molar-refractivity contribution in [2.24, 2.45) is 0 Å². The highest BCUT2D eigenvalue weighted by atomic mass is 16.3. The van der Waals surface area contributed by atoms with Gasteiger partial charge in [-0.3, -0.25) is 4.68 Å². The van der Waals surface area contributed by atoms with E-state index in [1.165, 1.54) is 16.7 Å². The Morgan fingerprint density at radius 1 is 1.17 bits per heavy atom. The summed E-state index contributed by atoms with van der Waals surface area (Å²) in [5, 5.41) is 17.2. The van der Waals surface area contributed by atoms with Crippen LogP contribution in [0.4, 0.5) is 0 Å². The third-order valence-electron chi connectivity index (χ3n) is 4.86. The highest BCUT2D eigenvalue weighted by Gasteiger charge is 2.20. The predicted octanol–water partition coefficient (Wildman–Crippen LogP) is 3.12. The molecule has 0 aliphatic carbocycles. The van der Waals surface area contributed by atoms with E-state index in [1.54, 1.807) is 0 Å². The lowest BCUT2D eigenvalue weighted by Gasteiger charge is -2.26. The molecule has 0 spiro atoms. The van der Waals surface area contributed by atoms with E-state index >= 15 is 0 Å².